The van der Waals surface area contributed by atoms with E-state index in [1.54, 1.807) is 35.2 Å². The summed E-state index contributed by atoms with van der Waals surface area (Å²) in [4.78, 5) is 26.0. The molecular weight excluding hydrogens is 450 g/mol. The van der Waals surface area contributed by atoms with Crippen LogP contribution >= 0.6 is 15.9 Å². The molecule has 1 aliphatic heterocycles. The first kappa shape index (κ1) is 20.6. The Morgan fingerprint density at radius 2 is 1.89 bits per heavy atom. The van der Waals surface area contributed by atoms with Crippen molar-refractivity contribution in [1.29, 1.82) is 0 Å². The summed E-state index contributed by atoms with van der Waals surface area (Å²) in [6, 6.07) is 8.10. The van der Waals surface area contributed by atoms with Crippen molar-refractivity contribution in [3.05, 3.63) is 52.9 Å². The Hall–Kier alpha value is -2.17. The highest BCUT2D eigenvalue weighted by molar-refractivity contribution is 9.10. The summed E-state index contributed by atoms with van der Waals surface area (Å²) in [6.45, 7) is 1.33. The van der Waals surface area contributed by atoms with E-state index in [-0.39, 0.29) is 42.8 Å². The zero-order valence-corrected chi connectivity index (χ0v) is 17.4. The zero-order valence-electron chi connectivity index (χ0n) is 15.0. The highest BCUT2D eigenvalue weighted by Crippen LogP contribution is 2.21. The van der Waals surface area contributed by atoms with Crippen molar-refractivity contribution in [3.63, 3.8) is 0 Å². The Balaban J connectivity index is 1.48. The molecule has 1 saturated heterocycles. The first-order valence-electron chi connectivity index (χ1n) is 8.72. The van der Waals surface area contributed by atoms with Gasteiger partial charge in [0.1, 0.15) is 6.26 Å². The average molecular weight is 470 g/mol. The fraction of sp³-hybridized carbons (Fsp3) is 0.333. The second kappa shape index (κ2) is 8.89. The molecule has 1 N–H and O–H groups in total. The van der Waals surface area contributed by atoms with Crippen molar-refractivity contribution < 1.29 is 22.4 Å². The minimum atomic E-state index is -3.59. The van der Waals surface area contributed by atoms with Crippen LogP contribution in [0.4, 0.5) is 0 Å². The Kier molecular flexibility index (Phi) is 6.53. The van der Waals surface area contributed by atoms with Crippen LogP contribution < -0.4 is 5.32 Å². The summed E-state index contributed by atoms with van der Waals surface area (Å²) in [5.41, 5.74) is 0.402. The van der Waals surface area contributed by atoms with Gasteiger partial charge in [-0.3, -0.25) is 9.59 Å². The number of amides is 2. The van der Waals surface area contributed by atoms with Gasteiger partial charge in [-0.2, -0.15) is 4.31 Å². The summed E-state index contributed by atoms with van der Waals surface area (Å²) in [7, 11) is -3.59. The van der Waals surface area contributed by atoms with Gasteiger partial charge in [0.15, 0.2) is 0 Å². The van der Waals surface area contributed by atoms with E-state index in [1.807, 2.05) is 0 Å². The standard InChI is InChI=1S/C18H20BrN3O5S/c19-15-2-1-3-16(12-15)28(25,26)22-9-7-21(8-10-22)17(23)4-6-20-18(24)14-5-11-27-13-14/h1-3,5,11-13H,4,6-10H2,(H,20,24). The maximum Gasteiger partial charge on any atom is 0.254 e. The van der Waals surface area contributed by atoms with Crippen molar-refractivity contribution >= 4 is 37.8 Å². The van der Waals surface area contributed by atoms with Crippen LogP contribution in [-0.2, 0) is 14.8 Å². The number of piperazine rings is 1. The third-order valence-electron chi connectivity index (χ3n) is 4.43. The Bertz CT molecular complexity index is 938. The number of nitrogens with one attached hydrogen (secondary N) is 1. The van der Waals surface area contributed by atoms with Gasteiger partial charge in [-0.05, 0) is 24.3 Å². The van der Waals surface area contributed by atoms with Crippen molar-refractivity contribution in [1.82, 2.24) is 14.5 Å². The van der Waals surface area contributed by atoms with Gasteiger partial charge in [0.25, 0.3) is 5.91 Å². The molecule has 2 aromatic rings. The largest absolute Gasteiger partial charge is 0.472 e. The van der Waals surface area contributed by atoms with E-state index in [0.717, 1.165) is 0 Å². The molecule has 1 fully saturated rings. The lowest BCUT2D eigenvalue weighted by molar-refractivity contribution is -0.132. The molecule has 0 atom stereocenters. The van der Waals surface area contributed by atoms with Crippen LogP contribution in [0.15, 0.2) is 56.6 Å². The molecule has 1 aromatic carbocycles. The fourth-order valence-corrected chi connectivity index (χ4v) is 4.91. The number of sulfonamides is 1. The normalized spacial score (nSPS) is 15.4. The number of nitrogens with zero attached hydrogens (tertiary/aromatic N) is 2. The van der Waals surface area contributed by atoms with Crippen molar-refractivity contribution in [3.8, 4) is 0 Å². The van der Waals surface area contributed by atoms with E-state index in [0.29, 0.717) is 23.1 Å². The molecular formula is C18H20BrN3O5S. The predicted molar refractivity (Wildman–Crippen MR) is 105 cm³/mol. The fourth-order valence-electron chi connectivity index (χ4n) is 2.89. The summed E-state index contributed by atoms with van der Waals surface area (Å²) < 4.78 is 32.4. The van der Waals surface area contributed by atoms with Gasteiger partial charge in [-0.15, -0.1) is 0 Å². The molecule has 0 saturated carbocycles. The Morgan fingerprint density at radius 3 is 2.54 bits per heavy atom. The van der Waals surface area contributed by atoms with E-state index >= 15 is 0 Å². The predicted octanol–water partition coefficient (Wildman–Crippen LogP) is 1.70. The number of benzene rings is 1. The lowest BCUT2D eigenvalue weighted by Crippen LogP contribution is -2.50. The van der Waals surface area contributed by atoms with Gasteiger partial charge < -0.3 is 14.6 Å². The van der Waals surface area contributed by atoms with E-state index in [4.69, 9.17) is 4.42 Å². The highest BCUT2D eigenvalue weighted by Gasteiger charge is 2.30. The first-order chi connectivity index (χ1) is 13.4. The van der Waals surface area contributed by atoms with Gasteiger partial charge in [0.2, 0.25) is 15.9 Å². The van der Waals surface area contributed by atoms with Crippen molar-refractivity contribution in [2.24, 2.45) is 0 Å². The average Bonchev–Trinajstić information content (AvgIpc) is 3.23. The lowest BCUT2D eigenvalue weighted by Gasteiger charge is -2.34. The molecule has 2 heterocycles. The van der Waals surface area contributed by atoms with Crippen LogP contribution in [0.25, 0.3) is 0 Å². The lowest BCUT2D eigenvalue weighted by atomic mass is 10.3. The van der Waals surface area contributed by atoms with Crippen LogP contribution in [0.2, 0.25) is 0 Å². The maximum atomic E-state index is 12.7. The van der Waals surface area contributed by atoms with E-state index in [9.17, 15) is 18.0 Å². The highest BCUT2D eigenvalue weighted by atomic mass is 79.9. The van der Waals surface area contributed by atoms with E-state index in [1.165, 1.54) is 16.8 Å². The molecule has 0 aliphatic carbocycles. The number of carbonyl (C=O) groups excluding carboxylic acids is 2. The van der Waals surface area contributed by atoms with Gasteiger partial charge in [-0.1, -0.05) is 22.0 Å². The SMILES string of the molecule is O=C(NCCC(=O)N1CCN(S(=O)(=O)c2cccc(Br)c2)CC1)c1ccoc1. The quantitative estimate of drug-likeness (QED) is 0.693. The van der Waals surface area contributed by atoms with Gasteiger partial charge in [0.05, 0.1) is 16.7 Å². The molecule has 0 unspecified atom stereocenters. The van der Waals surface area contributed by atoms with E-state index < -0.39 is 10.0 Å². The van der Waals surface area contributed by atoms with Gasteiger partial charge in [0, 0.05) is 43.6 Å². The molecule has 10 heteroatoms. The molecule has 150 valence electrons. The maximum absolute atomic E-state index is 12.7. The monoisotopic (exact) mass is 469 g/mol. The van der Waals surface area contributed by atoms with Crippen LogP contribution in [-0.4, -0.2) is 62.2 Å². The third-order valence-corrected chi connectivity index (χ3v) is 6.82. The minimum absolute atomic E-state index is 0.119. The number of carbonyl (C=O) groups is 2. The molecule has 28 heavy (non-hydrogen) atoms. The molecule has 3 rings (SSSR count). The number of hydrogen-bond acceptors (Lipinski definition) is 5. The number of halogens is 1. The first-order valence-corrected chi connectivity index (χ1v) is 10.9. The number of hydrogen-bond donors (Lipinski definition) is 1. The van der Waals surface area contributed by atoms with Crippen LogP contribution in [0.3, 0.4) is 0 Å². The number of furan rings is 1. The minimum Gasteiger partial charge on any atom is -0.472 e. The van der Waals surface area contributed by atoms with Crippen molar-refractivity contribution in [2.45, 2.75) is 11.3 Å². The summed E-state index contributed by atoms with van der Waals surface area (Å²) in [5, 5.41) is 2.66. The molecule has 2 amide bonds. The summed E-state index contributed by atoms with van der Waals surface area (Å²) >= 11 is 3.28. The zero-order chi connectivity index (χ0) is 20.1. The molecule has 0 bridgehead atoms. The molecule has 0 spiro atoms. The van der Waals surface area contributed by atoms with E-state index in [2.05, 4.69) is 21.2 Å². The van der Waals surface area contributed by atoms with Crippen LogP contribution in [0.5, 0.6) is 0 Å². The Morgan fingerprint density at radius 1 is 1.14 bits per heavy atom. The summed E-state index contributed by atoms with van der Waals surface area (Å²) in [6.07, 6.45) is 2.89. The van der Waals surface area contributed by atoms with Gasteiger partial charge in [-0.25, -0.2) is 8.42 Å². The van der Waals surface area contributed by atoms with Crippen LogP contribution in [0.1, 0.15) is 16.8 Å². The second-order valence-electron chi connectivity index (χ2n) is 6.26. The van der Waals surface area contributed by atoms with Crippen LogP contribution in [0, 0.1) is 0 Å². The molecule has 8 nitrogen and oxygen atoms in total. The smallest absolute Gasteiger partial charge is 0.254 e. The Labute approximate surface area is 171 Å². The van der Waals surface area contributed by atoms with Crippen molar-refractivity contribution in [2.75, 3.05) is 32.7 Å². The van der Waals surface area contributed by atoms with Gasteiger partial charge >= 0.3 is 0 Å². The third kappa shape index (κ3) is 4.81. The molecule has 0 radical (unpaired) electrons. The molecule has 1 aliphatic rings. The molecule has 1 aromatic heterocycles. The second-order valence-corrected chi connectivity index (χ2v) is 9.11. The topological polar surface area (TPSA) is 99.9 Å². The summed E-state index contributed by atoms with van der Waals surface area (Å²) in [5.74, 6) is -0.418. The number of rotatable bonds is 6.